The Morgan fingerprint density at radius 3 is 2.43 bits per heavy atom. The number of hydrogen-bond donors (Lipinski definition) is 2. The molecule has 0 spiro atoms. The van der Waals surface area contributed by atoms with E-state index >= 15 is 0 Å². The first-order valence-electron chi connectivity index (χ1n) is 10.3. The van der Waals surface area contributed by atoms with Crippen LogP contribution in [0.4, 0.5) is 0 Å². The van der Waals surface area contributed by atoms with E-state index in [0.717, 1.165) is 5.75 Å². The molecule has 2 amide bonds. The average Bonchev–Trinajstić information content (AvgIpc) is 2.94. The van der Waals surface area contributed by atoms with Crippen molar-refractivity contribution in [3.05, 3.63) is 12.2 Å². The molecule has 30 heavy (non-hydrogen) atoms. The summed E-state index contributed by atoms with van der Waals surface area (Å²) >= 11 is 1.52. The zero-order chi connectivity index (χ0) is 22.5. The molecule has 0 aromatic rings. The third kappa shape index (κ3) is 6.84. The van der Waals surface area contributed by atoms with Gasteiger partial charge in [-0.05, 0) is 44.1 Å². The molecule has 0 aromatic carbocycles. The summed E-state index contributed by atoms with van der Waals surface area (Å²) in [6.45, 7) is 11.1. The SMILES string of the molecule is CN1C(=NNC(=O)C(=O)C(NC(=O)C=CC(C)(C)C)C2CCOCC2)SCC1(C)C. The van der Waals surface area contributed by atoms with Gasteiger partial charge in [0.05, 0.1) is 0 Å². The maximum atomic E-state index is 12.9. The molecule has 0 bridgehead atoms. The minimum Gasteiger partial charge on any atom is -0.381 e. The van der Waals surface area contributed by atoms with E-state index in [4.69, 9.17) is 4.74 Å². The van der Waals surface area contributed by atoms with E-state index in [1.807, 2.05) is 32.7 Å². The minimum absolute atomic E-state index is 0.0732. The summed E-state index contributed by atoms with van der Waals surface area (Å²) in [6, 6.07) is -0.906. The van der Waals surface area contributed by atoms with Gasteiger partial charge in [-0.15, -0.1) is 5.10 Å². The first-order chi connectivity index (χ1) is 13.9. The standard InChI is InChI=1S/C21H34N4O4S/c1-20(2,3)10-7-15(26)22-16(14-8-11-29-12-9-14)17(27)18(28)23-24-19-25(6)21(4,5)13-30-19/h7,10,14,16H,8-9,11-13H2,1-6H3,(H,22,26)(H,23,28). The van der Waals surface area contributed by atoms with Crippen LogP contribution < -0.4 is 10.7 Å². The normalized spacial score (nSPS) is 22.3. The average molecular weight is 439 g/mol. The van der Waals surface area contributed by atoms with Gasteiger partial charge in [0.1, 0.15) is 6.04 Å². The number of allylic oxidation sites excluding steroid dienone is 1. The molecule has 168 valence electrons. The number of rotatable bonds is 6. The summed E-state index contributed by atoms with van der Waals surface area (Å²) in [5.74, 6) is -1.21. The molecule has 2 aliphatic heterocycles. The molecule has 2 heterocycles. The molecule has 2 rings (SSSR count). The van der Waals surface area contributed by atoms with Crippen molar-refractivity contribution in [1.29, 1.82) is 0 Å². The van der Waals surface area contributed by atoms with Crippen LogP contribution in [0.25, 0.3) is 0 Å². The molecule has 1 atom stereocenters. The second-order valence-corrected chi connectivity index (χ2v) is 10.4. The number of amides is 2. The van der Waals surface area contributed by atoms with Gasteiger partial charge >= 0.3 is 5.91 Å². The van der Waals surface area contributed by atoms with Crippen molar-refractivity contribution in [2.45, 2.75) is 59.0 Å². The zero-order valence-electron chi connectivity index (χ0n) is 18.8. The number of amidine groups is 1. The molecular weight excluding hydrogens is 404 g/mol. The number of nitrogens with zero attached hydrogens (tertiary/aromatic N) is 2. The van der Waals surface area contributed by atoms with Crippen LogP contribution in [0.3, 0.4) is 0 Å². The molecule has 0 aliphatic carbocycles. The number of ether oxygens (including phenoxy) is 1. The summed E-state index contributed by atoms with van der Waals surface area (Å²) < 4.78 is 5.36. The molecule has 0 aromatic heterocycles. The molecule has 8 nitrogen and oxygen atoms in total. The van der Waals surface area contributed by atoms with E-state index in [1.54, 1.807) is 6.08 Å². The van der Waals surface area contributed by atoms with Crippen LogP contribution in [0.2, 0.25) is 0 Å². The Balaban J connectivity index is 2.09. The van der Waals surface area contributed by atoms with Crippen LogP contribution in [0, 0.1) is 11.3 Å². The van der Waals surface area contributed by atoms with Crippen LogP contribution in [0.5, 0.6) is 0 Å². The van der Waals surface area contributed by atoms with Gasteiger partial charge in [0.2, 0.25) is 11.7 Å². The number of carbonyl (C=O) groups excluding carboxylic acids is 3. The summed E-state index contributed by atoms with van der Waals surface area (Å²) in [5.41, 5.74) is 2.14. The van der Waals surface area contributed by atoms with Gasteiger partial charge in [-0.2, -0.15) is 0 Å². The van der Waals surface area contributed by atoms with E-state index < -0.39 is 17.7 Å². The smallest absolute Gasteiger partial charge is 0.309 e. The van der Waals surface area contributed by atoms with Crippen LogP contribution in [-0.4, -0.2) is 65.3 Å². The first kappa shape index (κ1) is 24.4. The van der Waals surface area contributed by atoms with Gasteiger partial charge in [-0.1, -0.05) is 38.6 Å². The minimum atomic E-state index is -0.906. The van der Waals surface area contributed by atoms with Gasteiger partial charge < -0.3 is 15.0 Å². The van der Waals surface area contributed by atoms with Crippen molar-refractivity contribution < 1.29 is 19.1 Å². The van der Waals surface area contributed by atoms with E-state index in [2.05, 4.69) is 29.7 Å². The number of hydrogen-bond acceptors (Lipinski definition) is 6. The maximum absolute atomic E-state index is 12.9. The number of nitrogens with one attached hydrogen (secondary N) is 2. The molecule has 2 saturated heterocycles. The monoisotopic (exact) mass is 438 g/mol. The Kier molecular flexibility index (Phi) is 8.10. The molecule has 2 fully saturated rings. The van der Waals surface area contributed by atoms with Crippen molar-refractivity contribution in [3.63, 3.8) is 0 Å². The number of Topliss-reactive ketones (excluding diaryl/α,β-unsaturated/α-hetero) is 1. The zero-order valence-corrected chi connectivity index (χ0v) is 19.6. The highest BCUT2D eigenvalue weighted by Crippen LogP contribution is 2.30. The molecular formula is C21H34N4O4S. The Morgan fingerprint density at radius 1 is 1.27 bits per heavy atom. The largest absolute Gasteiger partial charge is 0.381 e. The molecule has 0 radical (unpaired) electrons. The number of ketones is 1. The quantitative estimate of drug-likeness (QED) is 0.373. The summed E-state index contributed by atoms with van der Waals surface area (Å²) in [6.07, 6.45) is 4.40. The molecule has 2 N–H and O–H groups in total. The lowest BCUT2D eigenvalue weighted by atomic mass is 9.88. The van der Waals surface area contributed by atoms with Crippen LogP contribution in [0.1, 0.15) is 47.5 Å². The highest BCUT2D eigenvalue weighted by atomic mass is 32.2. The molecule has 2 aliphatic rings. The fourth-order valence-electron chi connectivity index (χ4n) is 3.07. The maximum Gasteiger partial charge on any atom is 0.309 e. The molecule has 1 unspecified atom stereocenters. The lowest BCUT2D eigenvalue weighted by Crippen LogP contribution is -2.51. The van der Waals surface area contributed by atoms with Crippen LogP contribution >= 0.6 is 11.8 Å². The summed E-state index contributed by atoms with van der Waals surface area (Å²) in [5, 5.41) is 7.52. The van der Waals surface area contributed by atoms with Crippen molar-refractivity contribution in [2.24, 2.45) is 16.4 Å². The van der Waals surface area contributed by atoms with Crippen molar-refractivity contribution in [2.75, 3.05) is 26.0 Å². The van der Waals surface area contributed by atoms with E-state index in [1.165, 1.54) is 17.8 Å². The van der Waals surface area contributed by atoms with Crippen molar-refractivity contribution >= 4 is 34.5 Å². The predicted octanol–water partition coefficient (Wildman–Crippen LogP) is 1.91. The molecule has 0 saturated carbocycles. The number of hydrazone groups is 1. The van der Waals surface area contributed by atoms with Gasteiger partial charge in [-0.3, -0.25) is 14.4 Å². The van der Waals surface area contributed by atoms with E-state index in [0.29, 0.717) is 31.2 Å². The predicted molar refractivity (Wildman–Crippen MR) is 119 cm³/mol. The first-order valence-corrected chi connectivity index (χ1v) is 11.3. The third-order valence-corrected chi connectivity index (χ3v) is 6.75. The lowest BCUT2D eigenvalue weighted by molar-refractivity contribution is -0.141. The van der Waals surface area contributed by atoms with Crippen molar-refractivity contribution in [1.82, 2.24) is 15.6 Å². The van der Waals surface area contributed by atoms with E-state index in [9.17, 15) is 14.4 Å². The highest BCUT2D eigenvalue weighted by molar-refractivity contribution is 8.14. The summed E-state index contributed by atoms with van der Waals surface area (Å²) in [4.78, 5) is 39.8. The van der Waals surface area contributed by atoms with Gasteiger partial charge in [0.15, 0.2) is 5.17 Å². The van der Waals surface area contributed by atoms with E-state index in [-0.39, 0.29) is 22.8 Å². The van der Waals surface area contributed by atoms with Gasteiger partial charge in [-0.25, -0.2) is 5.43 Å². The number of carbonyl (C=O) groups is 3. The Bertz CT molecular complexity index is 721. The Hall–Kier alpha value is -1.87. The fraction of sp³-hybridized carbons (Fsp3) is 0.714. The second-order valence-electron chi connectivity index (χ2n) is 9.50. The molecule has 9 heteroatoms. The highest BCUT2D eigenvalue weighted by Gasteiger charge is 2.36. The summed E-state index contributed by atoms with van der Waals surface area (Å²) in [7, 11) is 1.90. The van der Waals surface area contributed by atoms with Crippen LogP contribution in [-0.2, 0) is 19.1 Å². The van der Waals surface area contributed by atoms with Gasteiger partial charge in [0.25, 0.3) is 0 Å². The van der Waals surface area contributed by atoms with Crippen LogP contribution in [0.15, 0.2) is 17.3 Å². The number of thioether (sulfide) groups is 1. The van der Waals surface area contributed by atoms with Crippen molar-refractivity contribution in [3.8, 4) is 0 Å². The Labute approximate surface area is 183 Å². The topological polar surface area (TPSA) is 100 Å². The fourth-order valence-corrected chi connectivity index (χ4v) is 4.30. The van der Waals surface area contributed by atoms with Gasteiger partial charge in [0, 0.05) is 31.6 Å². The second kappa shape index (κ2) is 9.96. The Morgan fingerprint density at radius 2 is 1.90 bits per heavy atom. The lowest BCUT2D eigenvalue weighted by Gasteiger charge is -2.29. The third-order valence-electron chi connectivity index (χ3n) is 5.28.